The van der Waals surface area contributed by atoms with Crippen molar-refractivity contribution in [2.75, 3.05) is 13.1 Å². The van der Waals surface area contributed by atoms with E-state index < -0.39 is 10.2 Å². The number of hydrogen-bond acceptors (Lipinski definition) is 2. The Morgan fingerprint density at radius 2 is 1.65 bits per heavy atom. The molecule has 0 amide bonds. The third kappa shape index (κ3) is 1.72. The Morgan fingerprint density at radius 3 is 2.15 bits per heavy atom. The summed E-state index contributed by atoms with van der Waals surface area (Å²) in [5.41, 5.74) is 0.425. The van der Waals surface area contributed by atoms with Gasteiger partial charge in [-0.15, -0.1) is 0 Å². The number of allylic oxidation sites excluding steroid dienone is 2. The van der Waals surface area contributed by atoms with Gasteiger partial charge >= 0.3 is 10.2 Å². The van der Waals surface area contributed by atoms with Gasteiger partial charge in [-0.05, 0) is 36.5 Å². The molecule has 0 spiro atoms. The maximum absolute atomic E-state index is 12.5. The quantitative estimate of drug-likeness (QED) is 0.801. The average molecular weight is 294 g/mol. The van der Waals surface area contributed by atoms with E-state index in [0.717, 1.165) is 31.1 Å². The maximum Gasteiger partial charge on any atom is 0.307 e. The average Bonchev–Trinajstić information content (AvgIpc) is 3.38. The Bertz CT molecular complexity index is 553. The molecule has 2 unspecified atom stereocenters. The van der Waals surface area contributed by atoms with Gasteiger partial charge in [0.15, 0.2) is 0 Å². The lowest BCUT2D eigenvalue weighted by Crippen LogP contribution is -2.42. The number of piperidine rings is 1. The van der Waals surface area contributed by atoms with Crippen molar-refractivity contribution in [3.05, 3.63) is 24.6 Å². The largest absolute Gasteiger partial charge is 0.307 e. The van der Waals surface area contributed by atoms with Gasteiger partial charge in [-0.1, -0.05) is 25.5 Å². The standard InChI is InChI=1S/C15H22N2O2S/c1-15(13-11-14(13)15)12-5-9-17(10-6-12)20(18,19)16-7-3-2-4-8-16/h5-6,9-10,12-14H,2-4,7-8,11H2,1H3. The molecule has 2 aliphatic heterocycles. The topological polar surface area (TPSA) is 40.6 Å². The predicted octanol–water partition coefficient (Wildman–Crippen LogP) is 2.33. The summed E-state index contributed by atoms with van der Waals surface area (Å²) in [7, 11) is -3.34. The Kier molecular flexibility index (Phi) is 2.65. The van der Waals surface area contributed by atoms with E-state index >= 15 is 0 Å². The Balaban J connectivity index is 1.47. The number of nitrogens with zero attached hydrogens (tertiary/aromatic N) is 2. The third-order valence-corrected chi connectivity index (χ3v) is 7.58. The second-order valence-corrected chi connectivity index (χ2v) is 8.65. The zero-order valence-electron chi connectivity index (χ0n) is 11.9. The smallest absolute Gasteiger partial charge is 0.241 e. The van der Waals surface area contributed by atoms with E-state index in [4.69, 9.17) is 0 Å². The Hall–Kier alpha value is -0.810. The molecule has 5 heteroatoms. The lowest BCUT2D eigenvalue weighted by molar-refractivity contribution is 0.322. The Labute approximate surface area is 121 Å². The van der Waals surface area contributed by atoms with E-state index in [-0.39, 0.29) is 0 Å². The summed E-state index contributed by atoms with van der Waals surface area (Å²) in [5.74, 6) is 2.21. The van der Waals surface area contributed by atoms with Crippen LogP contribution in [0.15, 0.2) is 24.6 Å². The molecule has 1 saturated heterocycles. The van der Waals surface area contributed by atoms with Crippen molar-refractivity contribution >= 4 is 10.2 Å². The molecule has 3 fully saturated rings. The zero-order chi connectivity index (χ0) is 14.0. The molecule has 2 atom stereocenters. The molecule has 0 bridgehead atoms. The van der Waals surface area contributed by atoms with Gasteiger partial charge in [-0.25, -0.2) is 4.31 Å². The molecule has 4 rings (SSSR count). The molecule has 2 aliphatic carbocycles. The summed E-state index contributed by atoms with van der Waals surface area (Å²) in [4.78, 5) is 0. The van der Waals surface area contributed by atoms with E-state index in [1.807, 2.05) is 0 Å². The molecule has 0 aromatic rings. The van der Waals surface area contributed by atoms with E-state index in [9.17, 15) is 8.42 Å². The fourth-order valence-corrected chi connectivity index (χ4v) is 5.46. The van der Waals surface area contributed by atoms with Crippen molar-refractivity contribution in [3.63, 3.8) is 0 Å². The second kappa shape index (κ2) is 4.10. The molecular formula is C15H22N2O2S. The first-order valence-electron chi connectivity index (χ1n) is 7.70. The summed E-state index contributed by atoms with van der Waals surface area (Å²) in [6.07, 6.45) is 12.1. The normalized spacial score (nSPS) is 40.8. The highest BCUT2D eigenvalue weighted by atomic mass is 32.2. The number of rotatable bonds is 3. The fourth-order valence-electron chi connectivity index (χ4n) is 4.03. The summed E-state index contributed by atoms with van der Waals surface area (Å²) in [6, 6.07) is 0. The van der Waals surface area contributed by atoms with Crippen LogP contribution in [0.1, 0.15) is 32.6 Å². The summed E-state index contributed by atoms with van der Waals surface area (Å²) in [5, 5.41) is 0. The van der Waals surface area contributed by atoms with Crippen LogP contribution in [0, 0.1) is 23.2 Å². The van der Waals surface area contributed by atoms with Crippen LogP contribution in [0.3, 0.4) is 0 Å². The molecule has 20 heavy (non-hydrogen) atoms. The van der Waals surface area contributed by atoms with Gasteiger partial charge in [0, 0.05) is 31.4 Å². The highest BCUT2D eigenvalue weighted by Crippen LogP contribution is 2.80. The molecule has 0 aromatic carbocycles. The Morgan fingerprint density at radius 1 is 1.05 bits per heavy atom. The van der Waals surface area contributed by atoms with Crippen LogP contribution in [0.4, 0.5) is 0 Å². The zero-order valence-corrected chi connectivity index (χ0v) is 12.7. The molecule has 2 heterocycles. The molecule has 0 aromatic heterocycles. The van der Waals surface area contributed by atoms with E-state index in [1.165, 1.54) is 10.7 Å². The van der Waals surface area contributed by atoms with Crippen LogP contribution in [-0.4, -0.2) is 30.1 Å². The predicted molar refractivity (Wildman–Crippen MR) is 77.7 cm³/mol. The van der Waals surface area contributed by atoms with E-state index in [1.54, 1.807) is 16.7 Å². The fraction of sp³-hybridized carbons (Fsp3) is 0.733. The van der Waals surface area contributed by atoms with Crippen LogP contribution in [0.25, 0.3) is 0 Å². The molecular weight excluding hydrogens is 272 g/mol. The monoisotopic (exact) mass is 294 g/mol. The van der Waals surface area contributed by atoms with Crippen molar-refractivity contribution in [3.8, 4) is 0 Å². The molecule has 110 valence electrons. The summed E-state index contributed by atoms with van der Waals surface area (Å²) in [6.45, 7) is 3.65. The lowest BCUT2D eigenvalue weighted by atomic mass is 9.81. The second-order valence-electron chi connectivity index (χ2n) is 6.82. The highest BCUT2D eigenvalue weighted by Gasteiger charge is 2.75. The van der Waals surface area contributed by atoms with Gasteiger partial charge in [0.25, 0.3) is 0 Å². The van der Waals surface area contributed by atoms with Crippen LogP contribution < -0.4 is 0 Å². The lowest BCUT2D eigenvalue weighted by Gasteiger charge is -2.33. The van der Waals surface area contributed by atoms with Gasteiger partial charge in [0.2, 0.25) is 0 Å². The van der Waals surface area contributed by atoms with Gasteiger partial charge < -0.3 is 0 Å². The van der Waals surface area contributed by atoms with E-state index in [0.29, 0.717) is 24.4 Å². The van der Waals surface area contributed by atoms with Crippen LogP contribution >= 0.6 is 0 Å². The van der Waals surface area contributed by atoms with Crippen molar-refractivity contribution < 1.29 is 8.42 Å². The van der Waals surface area contributed by atoms with Crippen molar-refractivity contribution in [2.45, 2.75) is 32.6 Å². The molecule has 4 nitrogen and oxygen atoms in total. The van der Waals surface area contributed by atoms with Gasteiger partial charge in [-0.3, -0.25) is 0 Å². The van der Waals surface area contributed by atoms with Gasteiger partial charge in [-0.2, -0.15) is 12.7 Å². The third-order valence-electron chi connectivity index (χ3n) is 5.79. The minimum absolute atomic E-state index is 0.416. The van der Waals surface area contributed by atoms with Crippen molar-refractivity contribution in [2.24, 2.45) is 23.2 Å². The minimum Gasteiger partial charge on any atom is -0.241 e. The highest BCUT2D eigenvalue weighted by molar-refractivity contribution is 7.86. The van der Waals surface area contributed by atoms with Crippen LogP contribution in [0.5, 0.6) is 0 Å². The van der Waals surface area contributed by atoms with E-state index in [2.05, 4.69) is 19.1 Å². The van der Waals surface area contributed by atoms with Crippen LogP contribution in [-0.2, 0) is 10.2 Å². The van der Waals surface area contributed by atoms with Gasteiger partial charge in [0.1, 0.15) is 0 Å². The minimum atomic E-state index is -3.34. The molecule has 4 aliphatic rings. The molecule has 2 saturated carbocycles. The van der Waals surface area contributed by atoms with Crippen molar-refractivity contribution in [1.29, 1.82) is 0 Å². The van der Waals surface area contributed by atoms with Crippen molar-refractivity contribution in [1.82, 2.24) is 8.61 Å². The number of fused-ring (bicyclic) bond motifs is 1. The maximum atomic E-state index is 12.5. The molecule has 0 radical (unpaired) electrons. The first kappa shape index (κ1) is 12.9. The summed E-state index contributed by atoms with van der Waals surface area (Å²) < 4.78 is 28.1. The summed E-state index contributed by atoms with van der Waals surface area (Å²) >= 11 is 0. The van der Waals surface area contributed by atoms with Gasteiger partial charge in [0.05, 0.1) is 0 Å². The first-order chi connectivity index (χ1) is 9.54. The number of hydrogen-bond donors (Lipinski definition) is 0. The van der Waals surface area contributed by atoms with Crippen LogP contribution in [0.2, 0.25) is 0 Å². The SMILES string of the molecule is CC1(C2C=CN(S(=O)(=O)N3CCCCC3)C=C2)C2CC21. The molecule has 0 N–H and O–H groups in total. The first-order valence-corrected chi connectivity index (χ1v) is 9.09.